The van der Waals surface area contributed by atoms with Gasteiger partial charge in [-0.2, -0.15) is 12.6 Å². The Hall–Kier alpha value is 0.750. The Balaban J connectivity index is 0.000000148. The van der Waals surface area contributed by atoms with Crippen LogP contribution < -0.4 is 0 Å². The van der Waals surface area contributed by atoms with Gasteiger partial charge in [0.05, 0.1) is 6.61 Å². The van der Waals surface area contributed by atoms with Gasteiger partial charge in [0.25, 0.3) is 0 Å². The minimum atomic E-state index is 0.184. The summed E-state index contributed by atoms with van der Waals surface area (Å²) < 4.78 is 0. The van der Waals surface area contributed by atoms with Crippen molar-refractivity contribution in [1.82, 2.24) is 0 Å². The molecule has 4 heteroatoms. The molecule has 0 aromatic heterocycles. The highest BCUT2D eigenvalue weighted by atomic mass is 33.1. The van der Waals surface area contributed by atoms with Crippen LogP contribution in [0.1, 0.15) is 0 Å². The van der Waals surface area contributed by atoms with E-state index in [9.17, 15) is 0 Å². The first-order valence-corrected chi connectivity index (χ1v) is 5.58. The second-order valence-electron chi connectivity index (χ2n) is 1.20. The molecule has 1 aliphatic rings. The number of aliphatic hydroxyl groups excluding tert-OH is 1. The van der Waals surface area contributed by atoms with Gasteiger partial charge in [0.15, 0.2) is 0 Å². The monoisotopic (exact) mass is 182 g/mol. The van der Waals surface area contributed by atoms with Gasteiger partial charge in [0.1, 0.15) is 0 Å². The van der Waals surface area contributed by atoms with Crippen LogP contribution >= 0.6 is 34.2 Å². The molecule has 0 saturated carbocycles. The van der Waals surface area contributed by atoms with Crippen LogP contribution in [0.3, 0.4) is 0 Å². The van der Waals surface area contributed by atoms with Crippen LogP contribution in [-0.2, 0) is 0 Å². The standard InChI is InChI=1S/C3H4S2.C2H6OS/c1-2-4-5-3-1;3-1-2-4/h1-2H,3H2;3-4H,1-2H2. The van der Waals surface area contributed by atoms with E-state index in [2.05, 4.69) is 24.1 Å². The molecule has 0 fully saturated rings. The van der Waals surface area contributed by atoms with Crippen LogP contribution in [0.25, 0.3) is 0 Å². The van der Waals surface area contributed by atoms with Crippen LogP contribution in [0, 0.1) is 0 Å². The van der Waals surface area contributed by atoms with Crippen LogP contribution in [0.2, 0.25) is 0 Å². The van der Waals surface area contributed by atoms with Crippen molar-refractivity contribution in [3.8, 4) is 0 Å². The third kappa shape index (κ3) is 8.75. The SMILES string of the molecule is C1=CSSC1.OCCS. The highest BCUT2D eigenvalue weighted by Gasteiger charge is 1.85. The first kappa shape index (κ1) is 9.75. The Morgan fingerprint density at radius 2 is 2.33 bits per heavy atom. The van der Waals surface area contributed by atoms with E-state index < -0.39 is 0 Å². The quantitative estimate of drug-likeness (QED) is 0.477. The molecule has 54 valence electrons. The molecule has 9 heavy (non-hydrogen) atoms. The lowest BCUT2D eigenvalue weighted by molar-refractivity contribution is 0.323. The maximum atomic E-state index is 7.80. The third-order valence-corrected chi connectivity index (χ3v) is 2.60. The number of thiol groups is 1. The Morgan fingerprint density at radius 3 is 2.44 bits per heavy atom. The highest BCUT2D eigenvalue weighted by Crippen LogP contribution is 2.27. The minimum Gasteiger partial charge on any atom is -0.396 e. The van der Waals surface area contributed by atoms with Gasteiger partial charge in [-0.25, -0.2) is 0 Å². The average Bonchev–Trinajstić information content (AvgIpc) is 2.43. The smallest absolute Gasteiger partial charge is 0.0519 e. The lowest BCUT2D eigenvalue weighted by Crippen LogP contribution is -1.76. The zero-order chi connectivity index (χ0) is 6.95. The summed E-state index contributed by atoms with van der Waals surface area (Å²) in [5.41, 5.74) is 0. The zero-order valence-electron chi connectivity index (χ0n) is 4.99. The Labute approximate surface area is 69.1 Å². The molecule has 1 heterocycles. The van der Waals surface area contributed by atoms with Crippen molar-refractivity contribution in [1.29, 1.82) is 0 Å². The molecule has 0 unspecified atom stereocenters. The van der Waals surface area contributed by atoms with Crippen molar-refractivity contribution in [2.24, 2.45) is 0 Å². The third-order valence-electron chi connectivity index (χ3n) is 0.484. The molecule has 0 amide bonds. The summed E-state index contributed by atoms with van der Waals surface area (Å²) in [6.45, 7) is 0.184. The zero-order valence-corrected chi connectivity index (χ0v) is 7.51. The van der Waals surface area contributed by atoms with Crippen LogP contribution in [0.4, 0.5) is 0 Å². The molecule has 1 N–H and O–H groups in total. The largest absolute Gasteiger partial charge is 0.396 e. The number of hydrogen-bond acceptors (Lipinski definition) is 4. The fourth-order valence-electron chi connectivity index (χ4n) is 0.196. The van der Waals surface area contributed by atoms with Crippen molar-refractivity contribution in [2.75, 3.05) is 18.1 Å². The van der Waals surface area contributed by atoms with Gasteiger partial charge < -0.3 is 5.11 Å². The summed E-state index contributed by atoms with van der Waals surface area (Å²) in [6, 6.07) is 0. The highest BCUT2D eigenvalue weighted by molar-refractivity contribution is 8.78. The summed E-state index contributed by atoms with van der Waals surface area (Å²) in [5, 5.41) is 9.91. The van der Waals surface area contributed by atoms with E-state index in [0.29, 0.717) is 5.75 Å². The van der Waals surface area contributed by atoms with Crippen molar-refractivity contribution in [3.05, 3.63) is 11.5 Å². The van der Waals surface area contributed by atoms with Gasteiger partial charge in [-0.3, -0.25) is 0 Å². The molecule has 0 aromatic rings. The molecule has 0 aromatic carbocycles. The van der Waals surface area contributed by atoms with Gasteiger partial charge in [-0.15, -0.1) is 0 Å². The maximum Gasteiger partial charge on any atom is 0.0519 e. The Morgan fingerprint density at radius 1 is 1.67 bits per heavy atom. The summed E-state index contributed by atoms with van der Waals surface area (Å²) in [4.78, 5) is 0. The first-order valence-electron chi connectivity index (χ1n) is 2.57. The van der Waals surface area contributed by atoms with E-state index in [1.54, 1.807) is 0 Å². The van der Waals surface area contributed by atoms with E-state index in [-0.39, 0.29) is 6.61 Å². The van der Waals surface area contributed by atoms with E-state index in [0.717, 1.165) is 0 Å². The van der Waals surface area contributed by atoms with Crippen LogP contribution in [0.15, 0.2) is 11.5 Å². The second kappa shape index (κ2) is 8.75. The molecule has 1 rings (SSSR count). The molecular weight excluding hydrogens is 172 g/mol. The molecule has 0 spiro atoms. The topological polar surface area (TPSA) is 20.2 Å². The van der Waals surface area contributed by atoms with Crippen molar-refractivity contribution in [2.45, 2.75) is 0 Å². The summed E-state index contributed by atoms with van der Waals surface area (Å²) >= 11 is 3.67. The number of rotatable bonds is 1. The lowest BCUT2D eigenvalue weighted by atomic mass is 10.8. The molecular formula is C5H10OS3. The summed E-state index contributed by atoms with van der Waals surface area (Å²) in [7, 11) is 3.69. The van der Waals surface area contributed by atoms with E-state index in [1.165, 1.54) is 5.75 Å². The van der Waals surface area contributed by atoms with E-state index >= 15 is 0 Å². The normalized spacial score (nSPS) is 14.9. The van der Waals surface area contributed by atoms with E-state index in [4.69, 9.17) is 5.11 Å². The molecule has 0 bridgehead atoms. The second-order valence-corrected chi connectivity index (χ2v) is 3.97. The van der Waals surface area contributed by atoms with Gasteiger partial charge in [-0.05, 0) is 5.41 Å². The fourth-order valence-corrected chi connectivity index (χ4v) is 1.77. The molecule has 0 radical (unpaired) electrons. The van der Waals surface area contributed by atoms with Crippen molar-refractivity contribution in [3.63, 3.8) is 0 Å². The fraction of sp³-hybridized carbons (Fsp3) is 0.600. The van der Waals surface area contributed by atoms with Crippen LogP contribution in [-0.4, -0.2) is 23.2 Å². The molecule has 1 nitrogen and oxygen atoms in total. The molecule has 0 saturated heterocycles. The van der Waals surface area contributed by atoms with Gasteiger partial charge in [-0.1, -0.05) is 27.7 Å². The molecule has 0 atom stereocenters. The van der Waals surface area contributed by atoms with Gasteiger partial charge >= 0.3 is 0 Å². The predicted octanol–water partition coefficient (Wildman–Crippen LogP) is 1.80. The predicted molar refractivity (Wildman–Crippen MR) is 50.1 cm³/mol. The minimum absolute atomic E-state index is 0.184. The van der Waals surface area contributed by atoms with Gasteiger partial charge in [0.2, 0.25) is 0 Å². The van der Waals surface area contributed by atoms with Crippen LogP contribution in [0.5, 0.6) is 0 Å². The maximum absolute atomic E-state index is 7.80. The Bertz CT molecular complexity index is 66.6. The van der Waals surface area contributed by atoms with Crippen molar-refractivity contribution < 1.29 is 5.11 Å². The number of aliphatic hydroxyl groups is 1. The Kier molecular flexibility index (Phi) is 9.48. The average molecular weight is 182 g/mol. The van der Waals surface area contributed by atoms with Crippen molar-refractivity contribution >= 4 is 34.2 Å². The number of hydrogen-bond donors (Lipinski definition) is 2. The summed E-state index contributed by atoms with van der Waals surface area (Å²) in [5.74, 6) is 1.77. The first-order chi connectivity index (χ1) is 4.41. The van der Waals surface area contributed by atoms with Gasteiger partial charge in [0, 0.05) is 11.5 Å². The molecule has 1 aliphatic heterocycles. The molecule has 0 aliphatic carbocycles. The summed E-state index contributed by atoms with van der Waals surface area (Å²) in [6.07, 6.45) is 2.16. The lowest BCUT2D eigenvalue weighted by Gasteiger charge is -1.69. The van der Waals surface area contributed by atoms with E-state index in [1.807, 2.05) is 21.6 Å².